The van der Waals surface area contributed by atoms with Gasteiger partial charge in [-0.1, -0.05) is 48.5 Å². The number of nitrogens with one attached hydrogen (secondary N) is 2. The van der Waals surface area contributed by atoms with Crippen LogP contribution in [0.25, 0.3) is 11.1 Å². The maximum absolute atomic E-state index is 13.5. The third-order valence-electron chi connectivity index (χ3n) is 5.54. The first-order chi connectivity index (χ1) is 15.8. The van der Waals surface area contributed by atoms with Crippen LogP contribution < -0.4 is 10.6 Å². The first kappa shape index (κ1) is 22.0. The zero-order valence-corrected chi connectivity index (χ0v) is 17.7. The van der Waals surface area contributed by atoms with E-state index in [0.29, 0.717) is 0 Å². The fourth-order valence-electron chi connectivity index (χ4n) is 3.90. The number of amides is 2. The summed E-state index contributed by atoms with van der Waals surface area (Å²) in [5, 5.41) is 13.9. The molecule has 1 aliphatic carbocycles. The number of carboxylic acids is 1. The molecule has 0 fully saturated rings. The lowest BCUT2D eigenvalue weighted by molar-refractivity contribution is -0.117. The molecule has 3 N–H and O–H groups in total. The van der Waals surface area contributed by atoms with Crippen molar-refractivity contribution in [2.24, 2.45) is 0 Å². The van der Waals surface area contributed by atoms with Crippen LogP contribution in [0.15, 0.2) is 66.7 Å². The van der Waals surface area contributed by atoms with Crippen molar-refractivity contribution in [3.8, 4) is 11.1 Å². The van der Waals surface area contributed by atoms with E-state index in [0.717, 1.165) is 34.4 Å². The number of carbonyl (C=O) groups is 3. The van der Waals surface area contributed by atoms with E-state index in [1.807, 2.05) is 48.5 Å². The highest BCUT2D eigenvalue weighted by Gasteiger charge is 2.29. The number of ether oxygens (including phenoxy) is 1. The summed E-state index contributed by atoms with van der Waals surface area (Å²) in [5.41, 5.74) is 3.89. The molecule has 2 amide bonds. The van der Waals surface area contributed by atoms with Gasteiger partial charge in [0.2, 0.25) is 5.91 Å². The van der Waals surface area contributed by atoms with E-state index in [2.05, 4.69) is 10.6 Å². The zero-order chi connectivity index (χ0) is 23.5. The number of benzene rings is 3. The summed E-state index contributed by atoms with van der Waals surface area (Å²) >= 11 is 0. The SMILES string of the molecule is C[C@@H](NC(=O)OCC1c2ccccc2-c2ccccc21)C(=O)Nc1ccc(F)c(C(=O)O)c1. The molecule has 0 spiro atoms. The monoisotopic (exact) mass is 448 g/mol. The fourth-order valence-corrected chi connectivity index (χ4v) is 3.90. The number of aromatic carboxylic acids is 1. The van der Waals surface area contributed by atoms with Crippen LogP contribution in [-0.4, -0.2) is 35.7 Å². The van der Waals surface area contributed by atoms with Gasteiger partial charge in [-0.2, -0.15) is 0 Å². The number of rotatable bonds is 6. The Bertz CT molecular complexity index is 1200. The molecule has 1 aliphatic rings. The first-order valence-electron chi connectivity index (χ1n) is 10.3. The number of halogens is 1. The quantitative estimate of drug-likeness (QED) is 0.519. The lowest BCUT2D eigenvalue weighted by atomic mass is 9.98. The van der Waals surface area contributed by atoms with Gasteiger partial charge in [-0.15, -0.1) is 0 Å². The largest absolute Gasteiger partial charge is 0.478 e. The van der Waals surface area contributed by atoms with Gasteiger partial charge in [0, 0.05) is 11.6 Å². The maximum atomic E-state index is 13.5. The Morgan fingerprint density at radius 2 is 1.61 bits per heavy atom. The van der Waals surface area contributed by atoms with Crippen LogP contribution in [0.3, 0.4) is 0 Å². The second-order valence-corrected chi connectivity index (χ2v) is 7.68. The van der Waals surface area contributed by atoms with E-state index in [9.17, 15) is 18.8 Å². The second kappa shape index (κ2) is 9.12. The summed E-state index contributed by atoms with van der Waals surface area (Å²) in [4.78, 5) is 35.8. The summed E-state index contributed by atoms with van der Waals surface area (Å²) in [7, 11) is 0. The van der Waals surface area contributed by atoms with Gasteiger partial charge in [0.1, 0.15) is 18.5 Å². The van der Waals surface area contributed by atoms with Crippen molar-refractivity contribution in [2.45, 2.75) is 18.9 Å². The highest BCUT2D eigenvalue weighted by molar-refractivity contribution is 5.97. The molecule has 0 aliphatic heterocycles. The van der Waals surface area contributed by atoms with Crippen LogP contribution >= 0.6 is 0 Å². The Morgan fingerprint density at radius 3 is 2.21 bits per heavy atom. The normalized spacial score (nSPS) is 12.9. The van der Waals surface area contributed by atoms with Gasteiger partial charge in [0.25, 0.3) is 0 Å². The van der Waals surface area contributed by atoms with Crippen molar-refractivity contribution in [2.75, 3.05) is 11.9 Å². The molecule has 0 heterocycles. The summed E-state index contributed by atoms with van der Waals surface area (Å²) < 4.78 is 18.9. The minimum Gasteiger partial charge on any atom is -0.478 e. The number of carboxylic acid groups (broad SMARTS) is 1. The standard InChI is InChI=1S/C25H21FN2O5/c1-14(23(29)28-15-10-11-22(26)20(12-15)24(30)31)27-25(32)33-13-21-18-8-4-2-6-16(18)17-7-3-5-9-19(17)21/h2-12,14,21H,13H2,1H3,(H,27,32)(H,28,29)(H,30,31)/t14-/m1/s1. The molecule has 7 nitrogen and oxygen atoms in total. The molecule has 8 heteroatoms. The summed E-state index contributed by atoms with van der Waals surface area (Å²) in [6, 6.07) is 18.1. The van der Waals surface area contributed by atoms with Crippen molar-refractivity contribution in [3.05, 3.63) is 89.2 Å². The van der Waals surface area contributed by atoms with Crippen molar-refractivity contribution in [3.63, 3.8) is 0 Å². The van der Waals surface area contributed by atoms with Crippen molar-refractivity contribution >= 4 is 23.7 Å². The molecule has 4 rings (SSSR count). The molecule has 0 radical (unpaired) electrons. The average molecular weight is 448 g/mol. The highest BCUT2D eigenvalue weighted by Crippen LogP contribution is 2.44. The van der Waals surface area contributed by atoms with Gasteiger partial charge in [0.15, 0.2) is 0 Å². The average Bonchev–Trinajstić information content (AvgIpc) is 3.12. The molecule has 33 heavy (non-hydrogen) atoms. The summed E-state index contributed by atoms with van der Waals surface area (Å²) in [6.45, 7) is 1.56. The van der Waals surface area contributed by atoms with Crippen LogP contribution in [0.4, 0.5) is 14.9 Å². The number of carbonyl (C=O) groups excluding carboxylic acids is 2. The fraction of sp³-hybridized carbons (Fsp3) is 0.160. The number of hydrogen-bond donors (Lipinski definition) is 3. The molecule has 3 aromatic carbocycles. The van der Waals surface area contributed by atoms with E-state index >= 15 is 0 Å². The predicted molar refractivity (Wildman–Crippen MR) is 120 cm³/mol. The molecule has 0 aromatic heterocycles. The molecule has 0 unspecified atom stereocenters. The summed E-state index contributed by atoms with van der Waals surface area (Å²) in [6.07, 6.45) is -0.759. The molecular weight excluding hydrogens is 427 g/mol. The van der Waals surface area contributed by atoms with E-state index < -0.39 is 35.4 Å². The van der Waals surface area contributed by atoms with Gasteiger partial charge in [0.05, 0.1) is 5.56 Å². The van der Waals surface area contributed by atoms with E-state index in [1.165, 1.54) is 13.0 Å². The third kappa shape index (κ3) is 4.55. The molecule has 0 saturated carbocycles. The Hall–Kier alpha value is -4.20. The van der Waals surface area contributed by atoms with Gasteiger partial charge in [-0.3, -0.25) is 4.79 Å². The van der Waals surface area contributed by atoms with Crippen LogP contribution in [-0.2, 0) is 9.53 Å². The second-order valence-electron chi connectivity index (χ2n) is 7.68. The van der Waals surface area contributed by atoms with Gasteiger partial charge in [-0.25, -0.2) is 14.0 Å². The summed E-state index contributed by atoms with van der Waals surface area (Å²) in [5.74, 6) is -3.08. The first-order valence-corrected chi connectivity index (χ1v) is 10.3. The smallest absolute Gasteiger partial charge is 0.407 e. The molecular formula is C25H21FN2O5. The minimum absolute atomic E-state index is 0.0972. The predicted octanol–water partition coefficient (Wildman–Crippen LogP) is 4.39. The highest BCUT2D eigenvalue weighted by atomic mass is 19.1. The van der Waals surface area contributed by atoms with Crippen LogP contribution in [0, 0.1) is 5.82 Å². The van der Waals surface area contributed by atoms with Crippen LogP contribution in [0.1, 0.15) is 34.3 Å². The number of fused-ring (bicyclic) bond motifs is 3. The molecule has 3 aromatic rings. The molecule has 168 valence electrons. The lowest BCUT2D eigenvalue weighted by Gasteiger charge is -2.17. The van der Waals surface area contributed by atoms with Gasteiger partial charge >= 0.3 is 12.1 Å². The van der Waals surface area contributed by atoms with E-state index in [1.54, 1.807) is 0 Å². The number of anilines is 1. The van der Waals surface area contributed by atoms with Crippen molar-refractivity contribution in [1.29, 1.82) is 0 Å². The maximum Gasteiger partial charge on any atom is 0.407 e. The van der Waals surface area contributed by atoms with Gasteiger partial charge in [-0.05, 0) is 47.4 Å². The third-order valence-corrected chi connectivity index (χ3v) is 5.54. The zero-order valence-electron chi connectivity index (χ0n) is 17.7. The number of hydrogen-bond acceptors (Lipinski definition) is 4. The van der Waals surface area contributed by atoms with Crippen molar-refractivity contribution in [1.82, 2.24) is 5.32 Å². The molecule has 0 bridgehead atoms. The Morgan fingerprint density at radius 1 is 1.00 bits per heavy atom. The number of alkyl carbamates (subject to hydrolysis) is 1. The Balaban J connectivity index is 1.36. The van der Waals surface area contributed by atoms with Gasteiger partial charge < -0.3 is 20.5 Å². The van der Waals surface area contributed by atoms with Crippen LogP contribution in [0.2, 0.25) is 0 Å². The van der Waals surface area contributed by atoms with E-state index in [-0.39, 0.29) is 18.2 Å². The topological polar surface area (TPSA) is 105 Å². The Kier molecular flexibility index (Phi) is 6.08. The van der Waals surface area contributed by atoms with Crippen molar-refractivity contribution < 1.29 is 28.6 Å². The minimum atomic E-state index is -1.45. The van der Waals surface area contributed by atoms with Crippen LogP contribution in [0.5, 0.6) is 0 Å². The Labute approximate surface area is 189 Å². The van der Waals surface area contributed by atoms with E-state index in [4.69, 9.17) is 9.84 Å². The molecule has 1 atom stereocenters. The lowest BCUT2D eigenvalue weighted by Crippen LogP contribution is -2.42. The molecule has 0 saturated heterocycles.